The molecule has 0 unspecified atom stereocenters. The molecule has 1 amide bonds. The molecule has 0 aliphatic heterocycles. The normalized spacial score (nSPS) is 9.76. The van der Waals surface area contributed by atoms with Crippen LogP contribution in [-0.2, 0) is 13.6 Å². The Kier molecular flexibility index (Phi) is 4.73. The van der Waals surface area contributed by atoms with Crippen LogP contribution in [0.3, 0.4) is 0 Å². The van der Waals surface area contributed by atoms with Gasteiger partial charge in [0.2, 0.25) is 0 Å². The highest BCUT2D eigenvalue weighted by Crippen LogP contribution is 2.04. The van der Waals surface area contributed by atoms with E-state index in [1.807, 2.05) is 29.9 Å². The molecule has 0 fully saturated rings. The Morgan fingerprint density at radius 3 is 2.88 bits per heavy atom. The Morgan fingerprint density at radius 2 is 2.35 bits per heavy atom. The van der Waals surface area contributed by atoms with Gasteiger partial charge >= 0.3 is 6.03 Å². The number of imidazole rings is 1. The van der Waals surface area contributed by atoms with Crippen LogP contribution in [0.5, 0.6) is 0 Å². The van der Waals surface area contributed by atoms with Crippen molar-refractivity contribution in [1.82, 2.24) is 9.47 Å². The second-order valence-corrected chi connectivity index (χ2v) is 3.70. The van der Waals surface area contributed by atoms with Gasteiger partial charge in [0.1, 0.15) is 18.2 Å². The fraction of sp³-hybridized carbons (Fsp3) is 0.273. The van der Waals surface area contributed by atoms with Crippen LogP contribution in [0.15, 0.2) is 41.5 Å². The molecule has 2 aromatic heterocycles. The Labute approximate surface area is 117 Å². The molecule has 17 heavy (non-hydrogen) atoms. The Balaban J connectivity index is 0.00000144. The summed E-state index contributed by atoms with van der Waals surface area (Å²) < 4.78 is 8.54. The van der Waals surface area contributed by atoms with Crippen LogP contribution in [0.1, 0.15) is 5.76 Å². The quantitative estimate of drug-likeness (QED) is 0.466. The number of rotatable bonds is 2. The maximum atomic E-state index is 11.9. The van der Waals surface area contributed by atoms with Gasteiger partial charge in [-0.1, -0.05) is 0 Å². The summed E-state index contributed by atoms with van der Waals surface area (Å²) in [5.74, 6) is 0.771. The summed E-state index contributed by atoms with van der Waals surface area (Å²) in [6.07, 6.45) is 6.86. The van der Waals surface area contributed by atoms with Gasteiger partial charge < -0.3 is 28.4 Å². The molecule has 0 saturated carbocycles. The van der Waals surface area contributed by atoms with Crippen molar-refractivity contribution in [3.8, 4) is 0 Å². The van der Waals surface area contributed by atoms with Crippen LogP contribution >= 0.6 is 0 Å². The van der Waals surface area contributed by atoms with Gasteiger partial charge in [-0.2, -0.15) is 4.57 Å². The summed E-state index contributed by atoms with van der Waals surface area (Å²) in [7, 11) is 3.61. The minimum absolute atomic E-state index is 0. The largest absolute Gasteiger partial charge is 1.00 e. The summed E-state index contributed by atoms with van der Waals surface area (Å²) in [4.78, 5) is 13.5. The molecular weight excluding hydrogens is 333 g/mol. The predicted molar refractivity (Wildman–Crippen MR) is 56.6 cm³/mol. The molecule has 2 rings (SSSR count). The van der Waals surface area contributed by atoms with Crippen LogP contribution in [0.2, 0.25) is 0 Å². The summed E-state index contributed by atoms with van der Waals surface area (Å²) in [6, 6.07) is 3.57. The number of halogens is 1. The van der Waals surface area contributed by atoms with E-state index in [-0.39, 0.29) is 30.0 Å². The summed E-state index contributed by atoms with van der Waals surface area (Å²) in [5, 5.41) is 0. The van der Waals surface area contributed by atoms with E-state index in [9.17, 15) is 4.79 Å². The standard InChI is InChI=1S/C11H14N3O2.HI/c1-12-5-6-14(9-12)11(15)13(2)8-10-4-3-7-16-10;/h3-7,9H,8H2,1-2H3;1H/q+1;/p-1. The first kappa shape index (κ1) is 13.8. The molecule has 0 spiro atoms. The summed E-state index contributed by atoms with van der Waals surface area (Å²) in [5.41, 5.74) is 0. The highest BCUT2D eigenvalue weighted by atomic mass is 127. The SMILES string of the molecule is CN(Cc1ccco1)C(=O)n1cc[n+](C)c1.[I-]. The average molecular weight is 347 g/mol. The molecule has 0 radical (unpaired) electrons. The third-order valence-corrected chi connectivity index (χ3v) is 2.29. The smallest absolute Gasteiger partial charge is 0.415 e. The van der Waals surface area contributed by atoms with E-state index < -0.39 is 0 Å². The maximum absolute atomic E-state index is 11.9. The lowest BCUT2D eigenvalue weighted by atomic mass is 10.4. The van der Waals surface area contributed by atoms with Gasteiger partial charge in [0.25, 0.3) is 6.33 Å². The molecule has 0 saturated heterocycles. The first-order valence-electron chi connectivity index (χ1n) is 4.98. The average Bonchev–Trinajstić information content (AvgIpc) is 2.88. The monoisotopic (exact) mass is 347 g/mol. The van der Waals surface area contributed by atoms with Crippen LogP contribution in [0.25, 0.3) is 0 Å². The molecule has 2 aromatic rings. The molecule has 0 aromatic carbocycles. The van der Waals surface area contributed by atoms with E-state index >= 15 is 0 Å². The van der Waals surface area contributed by atoms with Gasteiger partial charge in [-0.3, -0.25) is 4.90 Å². The van der Waals surface area contributed by atoms with Crippen molar-refractivity contribution < 1.29 is 37.8 Å². The number of hydrogen-bond donors (Lipinski definition) is 0. The number of furan rings is 1. The van der Waals surface area contributed by atoms with Crippen molar-refractivity contribution in [1.29, 1.82) is 0 Å². The lowest BCUT2D eigenvalue weighted by Crippen LogP contribution is -3.00. The highest BCUT2D eigenvalue weighted by molar-refractivity contribution is 5.76. The fourth-order valence-corrected chi connectivity index (χ4v) is 1.46. The number of carbonyl (C=O) groups is 1. The van der Waals surface area contributed by atoms with Gasteiger partial charge in [-0.25, -0.2) is 9.36 Å². The number of carbonyl (C=O) groups excluding carboxylic acids is 1. The molecular formula is C11H14IN3O2. The van der Waals surface area contributed by atoms with Crippen LogP contribution in [-0.4, -0.2) is 22.5 Å². The van der Waals surface area contributed by atoms with E-state index in [1.54, 1.807) is 30.7 Å². The molecule has 0 aliphatic rings. The molecule has 92 valence electrons. The van der Waals surface area contributed by atoms with Crippen molar-refractivity contribution in [2.75, 3.05) is 7.05 Å². The molecule has 5 nitrogen and oxygen atoms in total. The number of aryl methyl sites for hydroxylation is 1. The summed E-state index contributed by atoms with van der Waals surface area (Å²) >= 11 is 0. The third-order valence-electron chi connectivity index (χ3n) is 2.29. The highest BCUT2D eigenvalue weighted by Gasteiger charge is 2.17. The number of amides is 1. The topological polar surface area (TPSA) is 42.3 Å². The van der Waals surface area contributed by atoms with Crippen molar-refractivity contribution in [3.05, 3.63) is 42.9 Å². The number of hydrogen-bond acceptors (Lipinski definition) is 2. The first-order valence-corrected chi connectivity index (χ1v) is 4.98. The van der Waals surface area contributed by atoms with Gasteiger partial charge in [0.05, 0.1) is 19.9 Å². The van der Waals surface area contributed by atoms with Crippen molar-refractivity contribution in [3.63, 3.8) is 0 Å². The zero-order valence-electron chi connectivity index (χ0n) is 9.71. The van der Waals surface area contributed by atoms with Gasteiger partial charge in [0.15, 0.2) is 0 Å². The van der Waals surface area contributed by atoms with E-state index in [0.29, 0.717) is 6.54 Å². The Hall–Kier alpha value is -1.31. The van der Waals surface area contributed by atoms with E-state index in [1.165, 1.54) is 4.57 Å². The van der Waals surface area contributed by atoms with E-state index in [4.69, 9.17) is 4.42 Å². The zero-order valence-corrected chi connectivity index (χ0v) is 11.9. The zero-order chi connectivity index (χ0) is 11.5. The molecule has 6 heteroatoms. The molecule has 0 N–H and O–H groups in total. The van der Waals surface area contributed by atoms with Crippen LogP contribution in [0.4, 0.5) is 4.79 Å². The molecule has 0 bridgehead atoms. The Morgan fingerprint density at radius 1 is 1.59 bits per heavy atom. The van der Waals surface area contributed by atoms with Crippen molar-refractivity contribution in [2.45, 2.75) is 6.54 Å². The van der Waals surface area contributed by atoms with Crippen molar-refractivity contribution in [2.24, 2.45) is 7.05 Å². The second kappa shape index (κ2) is 5.85. The van der Waals surface area contributed by atoms with Crippen molar-refractivity contribution >= 4 is 6.03 Å². The minimum atomic E-state index is -0.0861. The lowest BCUT2D eigenvalue weighted by molar-refractivity contribution is -0.670. The van der Waals surface area contributed by atoms with E-state index in [2.05, 4.69) is 0 Å². The molecule has 0 atom stereocenters. The Bertz CT molecular complexity index is 479. The molecule has 2 heterocycles. The summed E-state index contributed by atoms with van der Waals surface area (Å²) in [6.45, 7) is 0.466. The van der Waals surface area contributed by atoms with Crippen LogP contribution in [0, 0.1) is 0 Å². The fourth-order valence-electron chi connectivity index (χ4n) is 1.46. The number of aromatic nitrogens is 2. The lowest BCUT2D eigenvalue weighted by Gasteiger charge is -2.11. The first-order chi connectivity index (χ1) is 7.66. The predicted octanol–water partition coefficient (Wildman–Crippen LogP) is -1.99. The van der Waals surface area contributed by atoms with Crippen LogP contribution < -0.4 is 28.5 Å². The minimum Gasteiger partial charge on any atom is -1.00 e. The van der Waals surface area contributed by atoms with E-state index in [0.717, 1.165) is 5.76 Å². The van der Waals surface area contributed by atoms with Gasteiger partial charge in [-0.05, 0) is 12.1 Å². The molecule has 0 aliphatic carbocycles. The number of nitrogens with zero attached hydrogens (tertiary/aromatic N) is 3. The maximum Gasteiger partial charge on any atom is 0.415 e. The second-order valence-electron chi connectivity index (χ2n) is 3.70. The van der Waals surface area contributed by atoms with Gasteiger partial charge in [0, 0.05) is 7.05 Å². The van der Waals surface area contributed by atoms with Gasteiger partial charge in [-0.15, -0.1) is 0 Å². The third kappa shape index (κ3) is 3.32.